The molecule has 2 atom stereocenters. The molecule has 2 spiro atoms. The third-order valence-corrected chi connectivity index (χ3v) is 9.76. The van der Waals surface area contributed by atoms with Crippen molar-refractivity contribution in [2.24, 2.45) is 5.92 Å². The van der Waals surface area contributed by atoms with Gasteiger partial charge in [-0.2, -0.15) is 0 Å². The summed E-state index contributed by atoms with van der Waals surface area (Å²) in [5.41, 5.74) is 2.30. The van der Waals surface area contributed by atoms with Crippen LogP contribution in [0.5, 0.6) is 0 Å². The van der Waals surface area contributed by atoms with Crippen molar-refractivity contribution >= 4 is 24.9 Å². The molecule has 0 unspecified atom stereocenters. The van der Waals surface area contributed by atoms with Gasteiger partial charge in [-0.05, 0) is 69.3 Å². The Labute approximate surface area is 273 Å². The van der Waals surface area contributed by atoms with Crippen LogP contribution in [-0.4, -0.2) is 59.7 Å². The predicted molar refractivity (Wildman–Crippen MR) is 177 cm³/mol. The quantitative estimate of drug-likeness (QED) is 0.0463. The molecule has 0 radical (unpaired) electrons. The lowest BCUT2D eigenvalue weighted by molar-refractivity contribution is -0.525. The van der Waals surface area contributed by atoms with E-state index in [9.17, 15) is 19.7 Å². The molecule has 3 aliphatic rings. The Kier molecular flexibility index (Phi) is 13.3. The zero-order valence-corrected chi connectivity index (χ0v) is 27.6. The van der Waals surface area contributed by atoms with Gasteiger partial charge in [-0.25, -0.2) is 10.1 Å². The Morgan fingerprint density at radius 2 is 1.57 bits per heavy atom. The summed E-state index contributed by atoms with van der Waals surface area (Å²) in [4.78, 5) is 37.6. The van der Waals surface area contributed by atoms with Crippen LogP contribution in [0, 0.1) is 21.4 Å². The van der Waals surface area contributed by atoms with Gasteiger partial charge < -0.3 is 25.3 Å². The number of benzene rings is 1. The average molecular weight is 641 g/mol. The highest BCUT2D eigenvalue weighted by atomic mass is 16.7. The SMILES string of the molecule is CC(C)C[C@H](NC(=O)[C@H](CCCNC(=N)N[N+](=O)[O-])NC(=O)CCCc1ccccc1)B1OC2(CCCCC2)C2(CCCCC2)O1. The Bertz CT molecular complexity index is 1130. The first-order valence-corrected chi connectivity index (χ1v) is 17.3. The van der Waals surface area contributed by atoms with Crippen LogP contribution >= 0.6 is 0 Å². The summed E-state index contributed by atoms with van der Waals surface area (Å²) < 4.78 is 13.9. The van der Waals surface area contributed by atoms with Gasteiger partial charge in [-0.15, -0.1) is 0 Å². The summed E-state index contributed by atoms with van der Waals surface area (Å²) in [5.74, 6) is -1.03. The second-order valence-electron chi connectivity index (χ2n) is 13.7. The van der Waals surface area contributed by atoms with Crippen molar-refractivity contribution < 1.29 is 23.9 Å². The van der Waals surface area contributed by atoms with Crippen LogP contribution in [0.25, 0.3) is 0 Å². The summed E-state index contributed by atoms with van der Waals surface area (Å²) in [6.07, 6.45) is 13.9. The van der Waals surface area contributed by atoms with E-state index in [1.54, 1.807) is 5.43 Å². The molecule has 2 amide bonds. The zero-order valence-electron chi connectivity index (χ0n) is 27.6. The molecule has 1 aliphatic heterocycles. The molecule has 2 aliphatic carbocycles. The number of guanidine groups is 1. The molecule has 5 N–H and O–H groups in total. The lowest BCUT2D eigenvalue weighted by Gasteiger charge is -2.48. The second-order valence-corrected chi connectivity index (χ2v) is 13.7. The van der Waals surface area contributed by atoms with E-state index in [0.717, 1.165) is 63.4 Å². The van der Waals surface area contributed by atoms with E-state index >= 15 is 0 Å². The molecular weight excluding hydrogens is 587 g/mol. The Morgan fingerprint density at radius 3 is 2.13 bits per heavy atom. The molecule has 13 heteroatoms. The number of nitrogens with one attached hydrogen (secondary N) is 5. The number of nitrogens with zero attached hydrogens (tertiary/aromatic N) is 1. The van der Waals surface area contributed by atoms with Crippen LogP contribution in [0.15, 0.2) is 30.3 Å². The van der Waals surface area contributed by atoms with Crippen LogP contribution < -0.4 is 21.4 Å². The Morgan fingerprint density at radius 1 is 0.957 bits per heavy atom. The minimum absolute atomic E-state index is 0.206. The normalized spacial score (nSPS) is 19.8. The monoisotopic (exact) mass is 640 g/mol. The molecule has 1 aromatic carbocycles. The van der Waals surface area contributed by atoms with E-state index in [2.05, 4.69) is 29.8 Å². The van der Waals surface area contributed by atoms with Crippen LogP contribution in [0.1, 0.15) is 116 Å². The maximum Gasteiger partial charge on any atom is 0.481 e. The summed E-state index contributed by atoms with van der Waals surface area (Å²) in [7, 11) is -0.555. The molecular formula is C33H53BN6O6. The van der Waals surface area contributed by atoms with Gasteiger partial charge in [-0.3, -0.25) is 15.0 Å². The van der Waals surface area contributed by atoms with Crippen LogP contribution in [0.3, 0.4) is 0 Å². The minimum atomic E-state index is -0.813. The second kappa shape index (κ2) is 17.1. The van der Waals surface area contributed by atoms with Gasteiger partial charge in [0.1, 0.15) is 6.04 Å². The van der Waals surface area contributed by atoms with Crippen molar-refractivity contribution in [3.63, 3.8) is 0 Å². The third kappa shape index (κ3) is 9.91. The molecule has 1 aromatic rings. The maximum atomic E-state index is 13.9. The van der Waals surface area contributed by atoms with Crippen LogP contribution in [0.4, 0.5) is 0 Å². The van der Waals surface area contributed by atoms with E-state index in [1.807, 2.05) is 30.3 Å². The number of fused-ring (bicyclic) bond motifs is 1. The molecule has 1 saturated heterocycles. The number of amides is 2. The molecule has 3 fully saturated rings. The highest BCUT2D eigenvalue weighted by molar-refractivity contribution is 6.48. The number of aryl methyl sites for hydroxylation is 1. The summed E-state index contributed by atoms with van der Waals surface area (Å²) >= 11 is 0. The Hall–Kier alpha value is -3.19. The number of hydrazine groups is 1. The summed E-state index contributed by atoms with van der Waals surface area (Å²) in [6, 6.07) is 9.16. The molecule has 12 nitrogen and oxygen atoms in total. The van der Waals surface area contributed by atoms with E-state index in [4.69, 9.17) is 14.7 Å². The number of rotatable bonds is 15. The summed E-state index contributed by atoms with van der Waals surface area (Å²) in [6.45, 7) is 4.46. The lowest BCUT2D eigenvalue weighted by atomic mass is 9.66. The van der Waals surface area contributed by atoms with Gasteiger partial charge in [0, 0.05) is 13.0 Å². The predicted octanol–water partition coefficient (Wildman–Crippen LogP) is 4.59. The van der Waals surface area contributed by atoms with Gasteiger partial charge in [0.15, 0.2) is 5.03 Å². The molecule has 0 aromatic heterocycles. The molecule has 1 heterocycles. The minimum Gasteiger partial charge on any atom is -0.401 e. The first kappa shape index (κ1) is 35.7. The zero-order chi connectivity index (χ0) is 33.0. The number of carbonyl (C=O) groups is 2. The first-order valence-electron chi connectivity index (χ1n) is 17.3. The van der Waals surface area contributed by atoms with E-state index in [1.165, 1.54) is 12.8 Å². The number of carbonyl (C=O) groups excluding carboxylic acids is 2. The fraction of sp³-hybridized carbons (Fsp3) is 0.727. The molecule has 4 rings (SSSR count). The number of hydrogen-bond acceptors (Lipinski definition) is 7. The van der Waals surface area contributed by atoms with Crippen LogP contribution in [-0.2, 0) is 25.3 Å². The third-order valence-electron chi connectivity index (χ3n) is 9.76. The van der Waals surface area contributed by atoms with E-state index in [-0.39, 0.29) is 47.8 Å². The molecule has 254 valence electrons. The highest BCUT2D eigenvalue weighted by Crippen LogP contribution is 2.54. The standard InChI is InChI=1S/C33H53BN6O6/c1-25(2)24-28(34-45-32(19-8-4-9-20-32)33(46-34)21-10-5-11-22-33)38-30(42)27(17-13-23-36-31(35)39-40(43)44)37-29(41)18-12-16-26-14-6-3-7-15-26/h3,6-7,14-15,25,27-28H,4-5,8-13,16-24H2,1-2H3,(H,37,41)(H,38,42)(H3,35,36,39)/t27-,28-/m0/s1. The van der Waals surface area contributed by atoms with Gasteiger partial charge in [0.05, 0.1) is 17.1 Å². The van der Waals surface area contributed by atoms with Crippen molar-refractivity contribution in [2.45, 2.75) is 140 Å². The number of nitro groups is 1. The molecule has 0 bridgehead atoms. The maximum absolute atomic E-state index is 13.9. The van der Waals surface area contributed by atoms with E-state index in [0.29, 0.717) is 25.7 Å². The van der Waals surface area contributed by atoms with Crippen molar-refractivity contribution in [1.29, 1.82) is 5.41 Å². The topological polar surface area (TPSA) is 168 Å². The van der Waals surface area contributed by atoms with Gasteiger partial charge in [0.2, 0.25) is 11.8 Å². The van der Waals surface area contributed by atoms with Crippen LogP contribution in [0.2, 0.25) is 0 Å². The van der Waals surface area contributed by atoms with Crippen molar-refractivity contribution in [2.75, 3.05) is 6.54 Å². The fourth-order valence-electron chi connectivity index (χ4n) is 7.55. The van der Waals surface area contributed by atoms with Crippen molar-refractivity contribution in [3.05, 3.63) is 46.0 Å². The first-order chi connectivity index (χ1) is 22.1. The highest BCUT2D eigenvalue weighted by Gasteiger charge is 2.63. The smallest absolute Gasteiger partial charge is 0.401 e. The summed E-state index contributed by atoms with van der Waals surface area (Å²) in [5, 5.41) is 26.3. The van der Waals surface area contributed by atoms with Gasteiger partial charge >= 0.3 is 7.12 Å². The number of hydrogen-bond donors (Lipinski definition) is 5. The van der Waals surface area contributed by atoms with Gasteiger partial charge in [-0.1, -0.05) is 88.1 Å². The Balaban J connectivity index is 1.43. The van der Waals surface area contributed by atoms with Crippen molar-refractivity contribution in [3.8, 4) is 0 Å². The van der Waals surface area contributed by atoms with Crippen molar-refractivity contribution in [1.82, 2.24) is 21.4 Å². The lowest BCUT2D eigenvalue weighted by Crippen LogP contribution is -2.55. The average Bonchev–Trinajstić information content (AvgIpc) is 3.30. The molecule has 2 saturated carbocycles. The van der Waals surface area contributed by atoms with Gasteiger partial charge in [0.25, 0.3) is 5.96 Å². The fourth-order valence-corrected chi connectivity index (χ4v) is 7.55. The molecule has 46 heavy (non-hydrogen) atoms. The largest absolute Gasteiger partial charge is 0.481 e. The van der Waals surface area contributed by atoms with E-state index < -0.39 is 24.2 Å².